The van der Waals surface area contributed by atoms with Crippen LogP contribution in [0.5, 0.6) is 0 Å². The standard InChI is InChI=1S/C27H20N2O5S2/c1-17-5-3-7-19(13-17)28-35(31,32)21-9-11-23-24-12-10-22(16-26(24)27(30)25(23)15-21)36(33,34)29-20-8-4-6-18(2)14-20/h3-16H,1-2H3/q-2. The van der Waals surface area contributed by atoms with Crippen molar-refractivity contribution < 1.29 is 21.6 Å². The van der Waals surface area contributed by atoms with Crippen LogP contribution in [0.25, 0.3) is 20.6 Å². The lowest BCUT2D eigenvalue weighted by Gasteiger charge is -2.22. The van der Waals surface area contributed by atoms with Crippen LogP contribution in [-0.4, -0.2) is 22.6 Å². The first-order valence-electron chi connectivity index (χ1n) is 11.0. The number of fused-ring (bicyclic) bond motifs is 3. The van der Waals surface area contributed by atoms with Gasteiger partial charge in [0.15, 0.2) is 5.78 Å². The highest BCUT2D eigenvalue weighted by Gasteiger charge is 2.28. The Bertz CT molecular complexity index is 1630. The van der Waals surface area contributed by atoms with Gasteiger partial charge in [-0.25, -0.2) is 16.8 Å². The molecule has 0 spiro atoms. The van der Waals surface area contributed by atoms with Gasteiger partial charge in [0.25, 0.3) is 0 Å². The van der Waals surface area contributed by atoms with Crippen LogP contribution in [0.2, 0.25) is 0 Å². The van der Waals surface area contributed by atoms with Gasteiger partial charge in [0.2, 0.25) is 0 Å². The van der Waals surface area contributed by atoms with Crippen molar-refractivity contribution in [3.05, 3.63) is 117 Å². The van der Waals surface area contributed by atoms with E-state index >= 15 is 0 Å². The minimum Gasteiger partial charge on any atom is -0.573 e. The molecule has 0 unspecified atom stereocenters. The summed E-state index contributed by atoms with van der Waals surface area (Å²) in [6.07, 6.45) is 0. The second-order valence-electron chi connectivity index (χ2n) is 8.55. The molecule has 1 aliphatic rings. The summed E-state index contributed by atoms with van der Waals surface area (Å²) in [5.41, 5.74) is 3.73. The SMILES string of the molecule is Cc1cccc([N-]S(=O)(=O)c2ccc3c(c2)C(=O)c2cc(S(=O)(=O)[N-]c4cccc(C)c4)ccc2-3)c1. The van der Waals surface area contributed by atoms with Gasteiger partial charge >= 0.3 is 0 Å². The van der Waals surface area contributed by atoms with Crippen molar-refractivity contribution >= 4 is 37.2 Å². The molecule has 0 atom stereocenters. The maximum Gasteiger partial charge on any atom is 0.194 e. The first-order chi connectivity index (χ1) is 17.0. The van der Waals surface area contributed by atoms with Gasteiger partial charge in [-0.3, -0.25) is 4.79 Å². The molecule has 0 aliphatic heterocycles. The molecule has 0 saturated carbocycles. The fourth-order valence-electron chi connectivity index (χ4n) is 4.11. The average Bonchev–Trinajstić information content (AvgIpc) is 3.10. The molecule has 0 saturated heterocycles. The predicted octanol–water partition coefficient (Wildman–Crippen LogP) is 6.30. The molecule has 0 fully saturated rings. The number of benzene rings is 4. The molecule has 0 N–H and O–H groups in total. The Morgan fingerprint density at radius 1 is 0.528 bits per heavy atom. The molecule has 182 valence electrons. The molecule has 4 aromatic carbocycles. The number of hydrogen-bond donors (Lipinski definition) is 0. The summed E-state index contributed by atoms with van der Waals surface area (Å²) in [6, 6.07) is 22.0. The van der Waals surface area contributed by atoms with Crippen LogP contribution in [0.15, 0.2) is 94.7 Å². The summed E-state index contributed by atoms with van der Waals surface area (Å²) in [7, 11) is -8.14. The third kappa shape index (κ3) is 4.38. The lowest BCUT2D eigenvalue weighted by molar-refractivity contribution is 0.104. The zero-order chi connectivity index (χ0) is 25.7. The number of hydrogen-bond acceptors (Lipinski definition) is 5. The fraction of sp³-hybridized carbons (Fsp3) is 0.0741. The zero-order valence-corrected chi connectivity index (χ0v) is 21.0. The molecule has 0 aromatic heterocycles. The molecule has 4 aromatic rings. The number of sulfonamides is 2. The highest BCUT2D eigenvalue weighted by Crippen LogP contribution is 2.41. The first kappa shape index (κ1) is 23.8. The summed E-state index contributed by atoms with van der Waals surface area (Å²) < 4.78 is 59.4. The Morgan fingerprint density at radius 2 is 0.944 bits per heavy atom. The molecule has 0 bridgehead atoms. The van der Waals surface area contributed by atoms with E-state index in [2.05, 4.69) is 9.44 Å². The summed E-state index contributed by atoms with van der Waals surface area (Å²) in [6.45, 7) is 3.67. The largest absolute Gasteiger partial charge is 0.573 e. The number of rotatable bonds is 6. The molecule has 9 heteroatoms. The van der Waals surface area contributed by atoms with Gasteiger partial charge in [-0.2, -0.15) is 0 Å². The Balaban J connectivity index is 1.46. The van der Waals surface area contributed by atoms with Gasteiger partial charge in [0.05, 0.1) is 9.79 Å². The van der Waals surface area contributed by atoms with E-state index in [1.165, 1.54) is 24.3 Å². The topological polar surface area (TPSA) is 114 Å². The van der Waals surface area contributed by atoms with Crippen molar-refractivity contribution in [3.63, 3.8) is 0 Å². The number of nitrogens with zero attached hydrogens (tertiary/aromatic N) is 2. The van der Waals surface area contributed by atoms with Gasteiger partial charge in [-0.05, 0) is 49.2 Å². The van der Waals surface area contributed by atoms with E-state index in [0.29, 0.717) is 11.1 Å². The molecular weight excluding hydrogens is 496 g/mol. The minimum absolute atomic E-state index is 0.119. The first-order valence-corrected chi connectivity index (χ1v) is 13.8. The Kier molecular flexibility index (Phi) is 5.69. The summed E-state index contributed by atoms with van der Waals surface area (Å²) in [5, 5.41) is 0. The van der Waals surface area contributed by atoms with Crippen LogP contribution >= 0.6 is 0 Å². The van der Waals surface area contributed by atoms with Gasteiger partial charge in [0, 0.05) is 11.1 Å². The molecule has 1 aliphatic carbocycles. The summed E-state index contributed by atoms with van der Waals surface area (Å²) in [5.74, 6) is -0.458. The maximum atomic E-state index is 13.2. The van der Waals surface area contributed by atoms with Gasteiger partial charge in [-0.1, -0.05) is 71.8 Å². The Labute approximate surface area is 209 Å². The van der Waals surface area contributed by atoms with Crippen LogP contribution in [-0.2, 0) is 20.0 Å². The highest BCUT2D eigenvalue weighted by atomic mass is 32.2. The van der Waals surface area contributed by atoms with E-state index in [-0.39, 0.29) is 32.3 Å². The highest BCUT2D eigenvalue weighted by molar-refractivity contribution is 7.94. The van der Waals surface area contributed by atoms with Crippen LogP contribution < -0.4 is 0 Å². The molecule has 0 heterocycles. The van der Waals surface area contributed by atoms with E-state index in [9.17, 15) is 21.6 Å². The molecule has 36 heavy (non-hydrogen) atoms. The smallest absolute Gasteiger partial charge is 0.194 e. The molecule has 7 nitrogen and oxygen atoms in total. The van der Waals surface area contributed by atoms with Crippen molar-refractivity contribution in [1.29, 1.82) is 0 Å². The third-order valence-corrected chi connectivity index (χ3v) is 8.41. The monoisotopic (exact) mass is 516 g/mol. The van der Waals surface area contributed by atoms with Gasteiger partial charge < -0.3 is 9.44 Å². The number of aryl methyl sites for hydroxylation is 2. The third-order valence-electron chi connectivity index (χ3n) is 5.81. The molecular formula is C27H20N2O5S2-2. The number of carbonyl (C=O) groups is 1. The quantitative estimate of drug-likeness (QED) is 0.263. The Hall–Kier alpha value is -3.95. The number of carbonyl (C=O) groups excluding carboxylic acids is 1. The average molecular weight is 517 g/mol. The second kappa shape index (κ2) is 8.61. The number of ketones is 1. The maximum absolute atomic E-state index is 13.2. The van der Waals surface area contributed by atoms with E-state index in [4.69, 9.17) is 0 Å². The molecule has 0 radical (unpaired) electrons. The van der Waals surface area contributed by atoms with Crippen molar-refractivity contribution in [2.24, 2.45) is 0 Å². The lowest BCUT2D eigenvalue weighted by Crippen LogP contribution is -2.02. The second-order valence-corrected chi connectivity index (χ2v) is 11.8. The summed E-state index contributed by atoms with van der Waals surface area (Å²) in [4.78, 5) is 13.0. The fourth-order valence-corrected chi connectivity index (χ4v) is 6.12. The molecule has 0 amide bonds. The van der Waals surface area contributed by atoms with E-state index in [0.717, 1.165) is 11.1 Å². The Morgan fingerprint density at radius 3 is 1.33 bits per heavy atom. The molecule has 5 rings (SSSR count). The van der Waals surface area contributed by atoms with Crippen molar-refractivity contribution in [3.8, 4) is 11.1 Å². The van der Waals surface area contributed by atoms with Crippen molar-refractivity contribution in [2.75, 3.05) is 0 Å². The lowest BCUT2D eigenvalue weighted by atomic mass is 10.1. The summed E-state index contributed by atoms with van der Waals surface area (Å²) >= 11 is 0. The predicted molar refractivity (Wildman–Crippen MR) is 138 cm³/mol. The van der Waals surface area contributed by atoms with Crippen LogP contribution in [0.3, 0.4) is 0 Å². The zero-order valence-electron chi connectivity index (χ0n) is 19.3. The normalized spacial score (nSPS) is 12.7. The van der Waals surface area contributed by atoms with E-state index in [1.807, 2.05) is 26.0 Å². The van der Waals surface area contributed by atoms with Gasteiger partial charge in [-0.15, -0.1) is 11.4 Å². The van der Waals surface area contributed by atoms with Crippen LogP contribution in [0, 0.1) is 13.8 Å². The van der Waals surface area contributed by atoms with Crippen LogP contribution in [0.1, 0.15) is 27.0 Å². The van der Waals surface area contributed by atoms with E-state index < -0.39 is 25.8 Å². The van der Waals surface area contributed by atoms with Crippen molar-refractivity contribution in [2.45, 2.75) is 23.6 Å². The minimum atomic E-state index is -4.07. The van der Waals surface area contributed by atoms with E-state index in [1.54, 1.807) is 48.5 Å². The van der Waals surface area contributed by atoms with Crippen molar-refractivity contribution in [1.82, 2.24) is 0 Å². The van der Waals surface area contributed by atoms with Crippen LogP contribution in [0.4, 0.5) is 11.4 Å². The van der Waals surface area contributed by atoms with Gasteiger partial charge in [0.1, 0.15) is 20.0 Å².